The Hall–Kier alpha value is -2.82. The van der Waals surface area contributed by atoms with Crippen molar-refractivity contribution in [1.82, 2.24) is 0 Å². The topological polar surface area (TPSA) is 46.6 Å². The van der Waals surface area contributed by atoms with Crippen LogP contribution in [-0.2, 0) is 14.3 Å². The summed E-state index contributed by atoms with van der Waals surface area (Å²) in [5.74, 6) is -0.923. The van der Waals surface area contributed by atoms with Crippen LogP contribution in [0.25, 0.3) is 16.8 Å². The maximum atomic E-state index is 12.7. The molecule has 0 fully saturated rings. The van der Waals surface area contributed by atoms with Crippen LogP contribution in [0.1, 0.15) is 12.5 Å². The molecule has 148 valence electrons. The minimum atomic E-state index is -0.627. The fraction of sp³-hybridized carbons (Fsp3) is 0.130. The molecule has 29 heavy (non-hydrogen) atoms. The average Bonchev–Trinajstić information content (AvgIpc) is 2.72. The molecule has 3 rings (SSSR count). The summed E-state index contributed by atoms with van der Waals surface area (Å²) < 4.78 is 5.12. The molecule has 0 saturated heterocycles. The van der Waals surface area contributed by atoms with Crippen molar-refractivity contribution in [2.75, 3.05) is 18.1 Å². The maximum absolute atomic E-state index is 12.7. The smallest absolute Gasteiger partial charge is 0.331 e. The molecule has 3 aromatic carbocycles. The lowest BCUT2D eigenvalue weighted by Gasteiger charge is -2.22. The third-order valence-electron chi connectivity index (χ3n) is 4.37. The van der Waals surface area contributed by atoms with E-state index in [1.165, 1.54) is 12.2 Å². The highest BCUT2D eigenvalue weighted by molar-refractivity contribution is 6.35. The van der Waals surface area contributed by atoms with Crippen molar-refractivity contribution in [3.05, 3.63) is 82.3 Å². The molecule has 4 nitrogen and oxygen atoms in total. The second-order valence-corrected chi connectivity index (χ2v) is 7.09. The summed E-state index contributed by atoms with van der Waals surface area (Å²) >= 11 is 11.9. The number of ether oxygens (including phenoxy) is 1. The predicted molar refractivity (Wildman–Crippen MR) is 118 cm³/mol. The molecule has 0 atom stereocenters. The van der Waals surface area contributed by atoms with Crippen LogP contribution >= 0.6 is 23.2 Å². The van der Waals surface area contributed by atoms with Crippen LogP contribution < -0.4 is 4.90 Å². The van der Waals surface area contributed by atoms with Gasteiger partial charge in [-0.3, -0.25) is 4.79 Å². The number of hydrogen-bond donors (Lipinski definition) is 0. The lowest BCUT2D eigenvalue weighted by molar-refractivity contribution is -0.142. The molecule has 0 aliphatic rings. The number of nitrogens with zero attached hydrogens (tertiary/aromatic N) is 1. The van der Waals surface area contributed by atoms with Crippen LogP contribution in [0.3, 0.4) is 0 Å². The molecule has 3 aromatic rings. The SMILES string of the molecule is CCN(C(=O)COC(=O)/C=C/c1ccc(Cl)cc1Cl)c1cccc2ccccc12. The van der Waals surface area contributed by atoms with Crippen molar-refractivity contribution in [3.8, 4) is 0 Å². The Labute approximate surface area is 179 Å². The van der Waals surface area contributed by atoms with Crippen LogP contribution in [-0.4, -0.2) is 25.0 Å². The molecule has 0 aliphatic heterocycles. The van der Waals surface area contributed by atoms with Crippen LogP contribution in [0.4, 0.5) is 5.69 Å². The summed E-state index contributed by atoms with van der Waals surface area (Å²) in [6.45, 7) is 1.99. The van der Waals surface area contributed by atoms with Crippen molar-refractivity contribution < 1.29 is 14.3 Å². The Morgan fingerprint density at radius 2 is 1.79 bits per heavy atom. The number of carbonyl (C=O) groups is 2. The van der Waals surface area contributed by atoms with E-state index >= 15 is 0 Å². The number of amides is 1. The van der Waals surface area contributed by atoms with Gasteiger partial charge in [-0.25, -0.2) is 4.79 Å². The molecule has 0 aliphatic carbocycles. The number of hydrogen-bond acceptors (Lipinski definition) is 3. The first-order valence-corrected chi connectivity index (χ1v) is 9.83. The molecule has 6 heteroatoms. The van der Waals surface area contributed by atoms with E-state index < -0.39 is 5.97 Å². The molecule has 0 unspecified atom stereocenters. The fourth-order valence-corrected chi connectivity index (χ4v) is 3.45. The standard InChI is InChI=1S/C23H19Cl2NO3/c1-2-26(21-9-5-7-16-6-3-4-8-19(16)21)22(27)15-29-23(28)13-11-17-10-12-18(24)14-20(17)25/h3-14H,2,15H2,1H3/b13-11+. The summed E-state index contributed by atoms with van der Waals surface area (Å²) in [6.07, 6.45) is 2.75. The Bertz CT molecular complexity index is 1070. The summed E-state index contributed by atoms with van der Waals surface area (Å²) in [7, 11) is 0. The van der Waals surface area contributed by atoms with Gasteiger partial charge in [-0.1, -0.05) is 65.7 Å². The second-order valence-electron chi connectivity index (χ2n) is 6.24. The number of rotatable bonds is 6. The van der Waals surface area contributed by atoms with Gasteiger partial charge in [0.25, 0.3) is 5.91 Å². The fourth-order valence-electron chi connectivity index (χ4n) is 2.98. The number of likely N-dealkylation sites (N-methyl/N-ethyl adjacent to an activating group) is 1. The Balaban J connectivity index is 1.67. The summed E-state index contributed by atoms with van der Waals surface area (Å²) in [4.78, 5) is 26.3. The van der Waals surface area contributed by atoms with E-state index in [2.05, 4.69) is 0 Å². The first-order chi connectivity index (χ1) is 14.0. The maximum Gasteiger partial charge on any atom is 0.331 e. The zero-order valence-electron chi connectivity index (χ0n) is 15.8. The van der Waals surface area contributed by atoms with Crippen LogP contribution in [0, 0.1) is 0 Å². The molecule has 0 saturated carbocycles. The number of carbonyl (C=O) groups excluding carboxylic acids is 2. The van der Waals surface area contributed by atoms with Crippen molar-refractivity contribution in [1.29, 1.82) is 0 Å². The number of esters is 1. The zero-order chi connectivity index (χ0) is 20.8. The van der Waals surface area contributed by atoms with Gasteiger partial charge in [-0.05, 0) is 42.1 Å². The molecule has 0 aromatic heterocycles. The van der Waals surface area contributed by atoms with Gasteiger partial charge in [0.1, 0.15) is 0 Å². The van der Waals surface area contributed by atoms with Crippen molar-refractivity contribution >= 4 is 57.6 Å². The van der Waals surface area contributed by atoms with Gasteiger partial charge >= 0.3 is 5.97 Å². The minimum absolute atomic E-state index is 0.296. The second kappa shape index (κ2) is 9.59. The Kier molecular flexibility index (Phi) is 6.91. The van der Waals surface area contributed by atoms with E-state index in [1.54, 1.807) is 23.1 Å². The monoisotopic (exact) mass is 427 g/mol. The molecule has 0 heterocycles. The summed E-state index contributed by atoms with van der Waals surface area (Å²) in [6, 6.07) is 18.6. The van der Waals surface area contributed by atoms with Gasteiger partial charge in [0.05, 0.1) is 5.69 Å². The highest BCUT2D eigenvalue weighted by Crippen LogP contribution is 2.27. The first kappa shape index (κ1) is 20.9. The van der Waals surface area contributed by atoms with Gasteiger partial charge in [-0.2, -0.15) is 0 Å². The lowest BCUT2D eigenvalue weighted by Crippen LogP contribution is -2.34. The number of halogens is 2. The average molecular weight is 428 g/mol. The summed E-state index contributed by atoms with van der Waals surface area (Å²) in [5, 5.41) is 2.93. The Morgan fingerprint density at radius 1 is 1.03 bits per heavy atom. The molecule has 0 radical (unpaired) electrons. The molecule has 0 spiro atoms. The van der Waals surface area contributed by atoms with Crippen LogP contribution in [0.5, 0.6) is 0 Å². The van der Waals surface area contributed by atoms with Crippen LogP contribution in [0.15, 0.2) is 66.7 Å². The van der Waals surface area contributed by atoms with E-state index in [-0.39, 0.29) is 12.5 Å². The molecule has 0 bridgehead atoms. The third kappa shape index (κ3) is 5.17. The van der Waals surface area contributed by atoms with E-state index in [0.717, 1.165) is 16.5 Å². The van der Waals surface area contributed by atoms with Gasteiger partial charge in [0, 0.05) is 28.1 Å². The van der Waals surface area contributed by atoms with Gasteiger partial charge < -0.3 is 9.64 Å². The van der Waals surface area contributed by atoms with E-state index in [9.17, 15) is 9.59 Å². The van der Waals surface area contributed by atoms with Gasteiger partial charge in [0.2, 0.25) is 0 Å². The number of anilines is 1. The highest BCUT2D eigenvalue weighted by atomic mass is 35.5. The molecular weight excluding hydrogens is 409 g/mol. The molecule has 1 amide bonds. The predicted octanol–water partition coefficient (Wildman–Crippen LogP) is 5.76. The van der Waals surface area contributed by atoms with Crippen molar-refractivity contribution in [2.45, 2.75) is 6.92 Å². The first-order valence-electron chi connectivity index (χ1n) is 9.07. The zero-order valence-corrected chi connectivity index (χ0v) is 17.3. The van der Waals surface area contributed by atoms with E-state index in [1.807, 2.05) is 49.4 Å². The van der Waals surface area contributed by atoms with Gasteiger partial charge in [0.15, 0.2) is 6.61 Å². The highest BCUT2D eigenvalue weighted by Gasteiger charge is 2.17. The van der Waals surface area contributed by atoms with E-state index in [4.69, 9.17) is 27.9 Å². The summed E-state index contributed by atoms with van der Waals surface area (Å²) in [5.41, 5.74) is 1.42. The normalized spacial score (nSPS) is 11.0. The Morgan fingerprint density at radius 3 is 2.55 bits per heavy atom. The third-order valence-corrected chi connectivity index (χ3v) is 4.94. The number of fused-ring (bicyclic) bond motifs is 1. The van der Waals surface area contributed by atoms with Crippen molar-refractivity contribution in [3.63, 3.8) is 0 Å². The lowest BCUT2D eigenvalue weighted by atomic mass is 10.1. The molecule has 0 N–H and O–H groups in total. The largest absolute Gasteiger partial charge is 0.452 e. The van der Waals surface area contributed by atoms with Gasteiger partial charge in [-0.15, -0.1) is 0 Å². The number of benzene rings is 3. The molecular formula is C23H19Cl2NO3. The van der Waals surface area contributed by atoms with E-state index in [0.29, 0.717) is 22.2 Å². The quantitative estimate of drug-likeness (QED) is 0.371. The minimum Gasteiger partial charge on any atom is -0.452 e. The van der Waals surface area contributed by atoms with Crippen molar-refractivity contribution in [2.24, 2.45) is 0 Å². The van der Waals surface area contributed by atoms with Crippen LogP contribution in [0.2, 0.25) is 10.0 Å².